The molecule has 2 heterocycles. The van der Waals surface area contributed by atoms with Crippen LogP contribution in [0.5, 0.6) is 0 Å². The molecule has 1 atom stereocenters. The number of carbonyl (C=O) groups excluding carboxylic acids is 2. The molecule has 1 N–H and O–H groups in total. The van der Waals surface area contributed by atoms with Crippen molar-refractivity contribution in [2.75, 3.05) is 11.1 Å². The van der Waals surface area contributed by atoms with E-state index >= 15 is 0 Å². The minimum Gasteiger partial charge on any atom is -0.325 e. The number of para-hydroxylation sites is 2. The second-order valence-corrected chi connectivity index (χ2v) is 8.69. The molecule has 0 radical (unpaired) electrons. The third kappa shape index (κ3) is 4.44. The van der Waals surface area contributed by atoms with Gasteiger partial charge in [-0.25, -0.2) is 4.99 Å². The van der Waals surface area contributed by atoms with E-state index in [1.807, 2.05) is 42.5 Å². The number of fused-ring (bicyclic) bond motifs is 3. The van der Waals surface area contributed by atoms with Gasteiger partial charge in [0.2, 0.25) is 5.91 Å². The molecular weight excluding hydrogens is 477 g/mol. The minimum atomic E-state index is -4.60. The molecular formula is C25H17F3N4O2S. The summed E-state index contributed by atoms with van der Waals surface area (Å²) in [5.41, 5.74) is 0.752. The normalized spacial score (nSPS) is 16.8. The van der Waals surface area contributed by atoms with Crippen LogP contribution in [0.2, 0.25) is 0 Å². The molecule has 0 fully saturated rings. The van der Waals surface area contributed by atoms with Gasteiger partial charge in [-0.15, -0.1) is 0 Å². The molecule has 0 saturated heterocycles. The van der Waals surface area contributed by atoms with Crippen LogP contribution in [-0.2, 0) is 15.8 Å². The van der Waals surface area contributed by atoms with E-state index in [0.29, 0.717) is 27.8 Å². The first kappa shape index (κ1) is 22.9. The van der Waals surface area contributed by atoms with Crippen molar-refractivity contribution in [3.8, 4) is 0 Å². The predicted molar refractivity (Wildman–Crippen MR) is 129 cm³/mol. The van der Waals surface area contributed by atoms with Crippen LogP contribution >= 0.6 is 11.8 Å². The van der Waals surface area contributed by atoms with Gasteiger partial charge in [-0.2, -0.15) is 18.2 Å². The van der Waals surface area contributed by atoms with Crippen molar-refractivity contribution >= 4 is 46.0 Å². The fourth-order valence-corrected chi connectivity index (χ4v) is 4.77. The Hall–Kier alpha value is -3.92. The molecule has 176 valence electrons. The van der Waals surface area contributed by atoms with E-state index in [2.05, 4.69) is 15.3 Å². The highest BCUT2D eigenvalue weighted by atomic mass is 32.2. The number of halogens is 3. The summed E-state index contributed by atoms with van der Waals surface area (Å²) in [6, 6.07) is 20.3. The molecule has 1 unspecified atom stereocenters. The number of nitrogens with zero attached hydrogens (tertiary/aromatic N) is 3. The molecule has 6 nitrogen and oxygen atoms in total. The summed E-state index contributed by atoms with van der Waals surface area (Å²) >= 11 is 1.03. The Balaban J connectivity index is 1.42. The molecule has 0 aromatic heterocycles. The van der Waals surface area contributed by atoms with Gasteiger partial charge in [-0.1, -0.05) is 66.4 Å². The van der Waals surface area contributed by atoms with Crippen LogP contribution in [0.25, 0.3) is 0 Å². The maximum absolute atomic E-state index is 13.3. The maximum atomic E-state index is 13.3. The van der Waals surface area contributed by atoms with Crippen molar-refractivity contribution in [3.63, 3.8) is 0 Å². The fraction of sp³-hybridized carbons (Fsp3) is 0.120. The van der Waals surface area contributed by atoms with Gasteiger partial charge in [-0.3, -0.25) is 14.5 Å². The van der Waals surface area contributed by atoms with E-state index in [0.717, 1.165) is 17.8 Å². The van der Waals surface area contributed by atoms with Crippen LogP contribution < -0.4 is 5.32 Å². The number of hydrogen-bond donors (Lipinski definition) is 1. The van der Waals surface area contributed by atoms with Crippen molar-refractivity contribution in [3.05, 3.63) is 95.6 Å². The molecule has 2 amide bonds. The van der Waals surface area contributed by atoms with E-state index < -0.39 is 23.7 Å². The van der Waals surface area contributed by atoms with E-state index in [9.17, 15) is 22.8 Å². The van der Waals surface area contributed by atoms with Gasteiger partial charge < -0.3 is 5.32 Å². The summed E-state index contributed by atoms with van der Waals surface area (Å²) in [6.45, 7) is 0. The summed E-state index contributed by atoms with van der Waals surface area (Å²) in [6.07, 6.45) is -4.60. The molecule has 0 aliphatic carbocycles. The van der Waals surface area contributed by atoms with Gasteiger partial charge >= 0.3 is 6.18 Å². The summed E-state index contributed by atoms with van der Waals surface area (Å²) in [5, 5.41) is 2.70. The second kappa shape index (κ2) is 9.03. The Morgan fingerprint density at radius 1 is 0.943 bits per heavy atom. The Morgan fingerprint density at radius 3 is 2.40 bits per heavy atom. The number of rotatable bonds is 4. The number of nitrogens with one attached hydrogen (secondary N) is 1. The molecule has 3 aromatic carbocycles. The van der Waals surface area contributed by atoms with E-state index in [1.54, 1.807) is 17.0 Å². The average molecular weight is 494 g/mol. The van der Waals surface area contributed by atoms with Crippen molar-refractivity contribution < 1.29 is 22.8 Å². The van der Waals surface area contributed by atoms with Gasteiger partial charge in [0, 0.05) is 5.56 Å². The van der Waals surface area contributed by atoms with Gasteiger partial charge in [0.15, 0.2) is 5.17 Å². The van der Waals surface area contributed by atoms with E-state index in [1.165, 1.54) is 18.2 Å². The quantitative estimate of drug-likeness (QED) is 0.527. The van der Waals surface area contributed by atoms with Crippen LogP contribution in [0.4, 0.5) is 24.5 Å². The van der Waals surface area contributed by atoms with Crippen LogP contribution in [0, 0.1) is 0 Å². The Morgan fingerprint density at radius 2 is 1.63 bits per heavy atom. The third-order valence-electron chi connectivity index (χ3n) is 5.46. The molecule has 10 heteroatoms. The minimum absolute atomic E-state index is 0.216. The van der Waals surface area contributed by atoms with Gasteiger partial charge in [0.05, 0.1) is 22.7 Å². The molecule has 5 rings (SSSR count). The maximum Gasteiger partial charge on any atom is 0.418 e. The fourth-order valence-electron chi connectivity index (χ4n) is 3.94. The Labute approximate surface area is 202 Å². The zero-order valence-corrected chi connectivity index (χ0v) is 18.8. The van der Waals surface area contributed by atoms with Crippen molar-refractivity contribution in [1.82, 2.24) is 4.90 Å². The number of amides is 2. The van der Waals surface area contributed by atoms with Crippen LogP contribution in [0.3, 0.4) is 0 Å². The molecule has 35 heavy (non-hydrogen) atoms. The van der Waals surface area contributed by atoms with Gasteiger partial charge in [0.25, 0.3) is 5.91 Å². The second-order valence-electron chi connectivity index (χ2n) is 7.75. The zero-order chi connectivity index (χ0) is 24.6. The highest BCUT2D eigenvalue weighted by Gasteiger charge is 2.42. The Bertz CT molecular complexity index is 1370. The molecule has 2 aliphatic heterocycles. The molecule has 0 bridgehead atoms. The molecule has 2 aliphatic rings. The lowest BCUT2D eigenvalue weighted by Crippen LogP contribution is -2.39. The molecule has 0 saturated carbocycles. The molecule has 0 spiro atoms. The largest absolute Gasteiger partial charge is 0.418 e. The lowest BCUT2D eigenvalue weighted by atomic mass is 10.0. The monoisotopic (exact) mass is 494 g/mol. The Kier molecular flexibility index (Phi) is 5.89. The number of amidine groups is 2. The highest BCUT2D eigenvalue weighted by Crippen LogP contribution is 2.39. The van der Waals surface area contributed by atoms with Crippen LogP contribution in [-0.4, -0.2) is 33.5 Å². The number of hydrogen-bond acceptors (Lipinski definition) is 5. The number of carbonyl (C=O) groups is 2. The summed E-state index contributed by atoms with van der Waals surface area (Å²) < 4.78 is 39.8. The number of thioether (sulfide) groups is 1. The third-order valence-corrected chi connectivity index (χ3v) is 6.41. The lowest BCUT2D eigenvalue weighted by Gasteiger charge is -2.31. The average Bonchev–Trinajstić information content (AvgIpc) is 3.20. The van der Waals surface area contributed by atoms with Crippen molar-refractivity contribution in [2.24, 2.45) is 9.98 Å². The lowest BCUT2D eigenvalue weighted by molar-refractivity contribution is -0.137. The number of benzene rings is 3. The SMILES string of the molecule is O=C(CSC1=Nc2ccccc2C2=NC(=O)C(c3ccccc3)N12)Nc1ccccc1C(F)(F)F. The first-order chi connectivity index (χ1) is 16.8. The van der Waals surface area contributed by atoms with E-state index in [4.69, 9.17) is 0 Å². The standard InChI is InChI=1S/C25H17F3N4O2S/c26-25(27,28)17-11-5-7-13-19(17)29-20(33)14-35-24-30-18-12-6-4-10-16(18)22-31-23(34)21(32(22)24)15-8-2-1-3-9-15/h1-13,21H,14H2,(H,29,33). The summed E-state index contributed by atoms with van der Waals surface area (Å²) in [7, 11) is 0. The predicted octanol–water partition coefficient (Wildman–Crippen LogP) is 5.41. The smallest absolute Gasteiger partial charge is 0.325 e. The van der Waals surface area contributed by atoms with Gasteiger partial charge in [-0.05, 0) is 29.8 Å². The van der Waals surface area contributed by atoms with E-state index in [-0.39, 0.29) is 17.3 Å². The number of aliphatic imine (C=N–C) groups is 2. The van der Waals surface area contributed by atoms with Gasteiger partial charge in [0.1, 0.15) is 11.9 Å². The van der Waals surface area contributed by atoms with Crippen LogP contribution in [0.1, 0.15) is 22.7 Å². The number of alkyl halides is 3. The van der Waals surface area contributed by atoms with Crippen LogP contribution in [0.15, 0.2) is 88.8 Å². The highest BCUT2D eigenvalue weighted by molar-refractivity contribution is 8.14. The summed E-state index contributed by atoms with van der Waals surface area (Å²) in [4.78, 5) is 36.2. The number of anilines is 1. The first-order valence-electron chi connectivity index (χ1n) is 10.6. The zero-order valence-electron chi connectivity index (χ0n) is 18.0. The van der Waals surface area contributed by atoms with Crippen molar-refractivity contribution in [2.45, 2.75) is 12.2 Å². The topological polar surface area (TPSA) is 74.1 Å². The van der Waals surface area contributed by atoms with Crippen molar-refractivity contribution in [1.29, 1.82) is 0 Å². The summed E-state index contributed by atoms with van der Waals surface area (Å²) in [5.74, 6) is -0.778. The molecule has 3 aromatic rings. The first-order valence-corrected chi connectivity index (χ1v) is 11.5.